The zero-order valence-electron chi connectivity index (χ0n) is 13.2. The lowest BCUT2D eigenvalue weighted by Crippen LogP contribution is -1.82. The van der Waals surface area contributed by atoms with Gasteiger partial charge in [-0.25, -0.2) is 0 Å². The number of hydrogen-bond donors (Lipinski definition) is 0. The van der Waals surface area contributed by atoms with Crippen LogP contribution < -0.4 is 0 Å². The van der Waals surface area contributed by atoms with Crippen LogP contribution >= 0.6 is 0 Å². The maximum absolute atomic E-state index is 2.32. The minimum atomic E-state index is 1.26. The Morgan fingerprint density at radius 2 is 1.08 bits per heavy atom. The van der Waals surface area contributed by atoms with E-state index in [4.69, 9.17) is 0 Å². The molecule has 0 fully saturated rings. The highest BCUT2D eigenvalue weighted by molar-refractivity contribution is 6.12. The number of benzene rings is 5. The lowest BCUT2D eigenvalue weighted by molar-refractivity contribution is 1.65. The van der Waals surface area contributed by atoms with Gasteiger partial charge < -0.3 is 0 Å². The van der Waals surface area contributed by atoms with Crippen LogP contribution in [0, 0.1) is 0 Å². The van der Waals surface area contributed by atoms with Crippen LogP contribution in [-0.2, 0) is 0 Å². The second kappa shape index (κ2) is 5.21. The molecular weight excluding hydrogens is 288 g/mol. The van der Waals surface area contributed by atoms with E-state index in [1.165, 1.54) is 43.4 Å². The van der Waals surface area contributed by atoms with E-state index in [1.54, 1.807) is 0 Å². The zero-order valence-corrected chi connectivity index (χ0v) is 13.2. The summed E-state index contributed by atoms with van der Waals surface area (Å²) in [7, 11) is 0. The molecule has 5 rings (SSSR count). The highest BCUT2D eigenvalue weighted by atomic mass is 14.1. The summed E-state index contributed by atoms with van der Waals surface area (Å²) in [5, 5.41) is 7.83. The second-order valence-electron chi connectivity index (χ2n) is 6.29. The lowest BCUT2D eigenvalue weighted by atomic mass is 9.96. The third kappa shape index (κ3) is 2.08. The van der Waals surface area contributed by atoms with E-state index in [2.05, 4.69) is 97.1 Å². The molecule has 0 heteroatoms. The van der Waals surface area contributed by atoms with Crippen LogP contribution in [0.1, 0.15) is 0 Å². The van der Waals surface area contributed by atoms with Crippen molar-refractivity contribution in [3.63, 3.8) is 0 Å². The van der Waals surface area contributed by atoms with Gasteiger partial charge in [0.2, 0.25) is 0 Å². The molecule has 0 aliphatic heterocycles. The Hall–Kier alpha value is -3.12. The molecule has 0 N–H and O–H groups in total. The zero-order chi connectivity index (χ0) is 15.9. The van der Waals surface area contributed by atoms with Crippen LogP contribution in [0.2, 0.25) is 0 Å². The third-order valence-corrected chi connectivity index (χ3v) is 4.81. The second-order valence-corrected chi connectivity index (χ2v) is 6.29. The van der Waals surface area contributed by atoms with Crippen molar-refractivity contribution in [2.45, 2.75) is 0 Å². The molecule has 0 spiro atoms. The monoisotopic (exact) mass is 304 g/mol. The van der Waals surface area contributed by atoms with Crippen molar-refractivity contribution in [1.82, 2.24) is 0 Å². The maximum atomic E-state index is 2.32. The standard InChI is InChI=1S/C24H16/c1-2-6-17(7-3-1)19-11-12-20-16-24-21(15-22(20)14-19)13-10-18-8-4-5-9-23(18)24/h1-16H. The summed E-state index contributed by atoms with van der Waals surface area (Å²) in [6.07, 6.45) is 0. The van der Waals surface area contributed by atoms with E-state index in [-0.39, 0.29) is 0 Å². The highest BCUT2D eigenvalue weighted by Crippen LogP contribution is 2.31. The first-order valence-electron chi connectivity index (χ1n) is 8.29. The molecule has 0 saturated heterocycles. The molecular formula is C24H16. The predicted octanol–water partition coefficient (Wildman–Crippen LogP) is 6.81. The van der Waals surface area contributed by atoms with Crippen LogP contribution in [0.3, 0.4) is 0 Å². The molecule has 112 valence electrons. The molecule has 0 radical (unpaired) electrons. The smallest absolute Gasteiger partial charge is 0.00990 e. The summed E-state index contributed by atoms with van der Waals surface area (Å²) in [5.74, 6) is 0. The van der Waals surface area contributed by atoms with Crippen molar-refractivity contribution in [3.05, 3.63) is 97.1 Å². The van der Waals surface area contributed by atoms with E-state index in [9.17, 15) is 0 Å². The van der Waals surface area contributed by atoms with Gasteiger partial charge in [0.1, 0.15) is 0 Å². The Morgan fingerprint density at radius 1 is 0.333 bits per heavy atom. The van der Waals surface area contributed by atoms with Crippen LogP contribution in [0.5, 0.6) is 0 Å². The molecule has 0 nitrogen and oxygen atoms in total. The largest absolute Gasteiger partial charge is 0.0622 e. The molecule has 0 aliphatic rings. The van der Waals surface area contributed by atoms with E-state index in [0.29, 0.717) is 0 Å². The Morgan fingerprint density at radius 3 is 2.00 bits per heavy atom. The van der Waals surface area contributed by atoms with E-state index in [0.717, 1.165) is 0 Å². The van der Waals surface area contributed by atoms with E-state index >= 15 is 0 Å². The fraction of sp³-hybridized carbons (Fsp3) is 0. The Labute approximate surface area is 141 Å². The average Bonchev–Trinajstić information content (AvgIpc) is 2.66. The quantitative estimate of drug-likeness (QED) is 0.235. The topological polar surface area (TPSA) is 0 Å². The number of hydrogen-bond acceptors (Lipinski definition) is 0. The molecule has 0 amide bonds. The Bertz CT molecular complexity index is 1180. The van der Waals surface area contributed by atoms with Gasteiger partial charge in [0.15, 0.2) is 0 Å². The van der Waals surface area contributed by atoms with E-state index in [1.807, 2.05) is 0 Å². The molecule has 5 aromatic carbocycles. The first-order valence-corrected chi connectivity index (χ1v) is 8.29. The molecule has 0 saturated carbocycles. The fourth-order valence-corrected chi connectivity index (χ4v) is 3.56. The van der Waals surface area contributed by atoms with Gasteiger partial charge in [-0.15, -0.1) is 0 Å². The molecule has 0 aromatic heterocycles. The SMILES string of the molecule is c1ccc(-c2ccc3cc4c(ccc5ccccc54)cc3c2)cc1. The number of rotatable bonds is 1. The van der Waals surface area contributed by atoms with Crippen molar-refractivity contribution < 1.29 is 0 Å². The van der Waals surface area contributed by atoms with Crippen molar-refractivity contribution >= 4 is 32.3 Å². The van der Waals surface area contributed by atoms with Gasteiger partial charge in [-0.05, 0) is 61.6 Å². The van der Waals surface area contributed by atoms with Crippen molar-refractivity contribution in [3.8, 4) is 11.1 Å². The predicted molar refractivity (Wildman–Crippen MR) is 104 cm³/mol. The summed E-state index contributed by atoms with van der Waals surface area (Å²) in [5.41, 5.74) is 2.53. The average molecular weight is 304 g/mol. The lowest BCUT2D eigenvalue weighted by Gasteiger charge is -2.08. The van der Waals surface area contributed by atoms with Crippen molar-refractivity contribution in [2.75, 3.05) is 0 Å². The maximum Gasteiger partial charge on any atom is -0.00990 e. The first-order chi connectivity index (χ1) is 11.9. The van der Waals surface area contributed by atoms with Crippen molar-refractivity contribution in [2.24, 2.45) is 0 Å². The summed E-state index contributed by atoms with van der Waals surface area (Å²) >= 11 is 0. The summed E-state index contributed by atoms with van der Waals surface area (Å²) in [6.45, 7) is 0. The van der Waals surface area contributed by atoms with E-state index < -0.39 is 0 Å². The van der Waals surface area contributed by atoms with Crippen LogP contribution in [0.15, 0.2) is 97.1 Å². The van der Waals surface area contributed by atoms with Gasteiger partial charge in [0, 0.05) is 0 Å². The van der Waals surface area contributed by atoms with Crippen LogP contribution in [0.25, 0.3) is 43.4 Å². The molecule has 0 aliphatic carbocycles. The van der Waals surface area contributed by atoms with Gasteiger partial charge in [-0.3, -0.25) is 0 Å². The Kier molecular flexibility index (Phi) is 2.89. The molecule has 0 atom stereocenters. The van der Waals surface area contributed by atoms with Gasteiger partial charge >= 0.3 is 0 Å². The van der Waals surface area contributed by atoms with Crippen LogP contribution in [-0.4, -0.2) is 0 Å². The van der Waals surface area contributed by atoms with Gasteiger partial charge in [0.05, 0.1) is 0 Å². The molecule has 0 heterocycles. The van der Waals surface area contributed by atoms with Gasteiger partial charge in [0.25, 0.3) is 0 Å². The molecule has 0 bridgehead atoms. The molecule has 0 unspecified atom stereocenters. The molecule has 5 aromatic rings. The minimum absolute atomic E-state index is 1.26. The summed E-state index contributed by atoms with van der Waals surface area (Å²) in [6, 6.07) is 35.0. The fourth-order valence-electron chi connectivity index (χ4n) is 3.56. The molecule has 24 heavy (non-hydrogen) atoms. The van der Waals surface area contributed by atoms with Gasteiger partial charge in [-0.1, -0.05) is 78.9 Å². The number of fused-ring (bicyclic) bond motifs is 4. The Balaban J connectivity index is 1.80. The van der Waals surface area contributed by atoms with Gasteiger partial charge in [-0.2, -0.15) is 0 Å². The summed E-state index contributed by atoms with van der Waals surface area (Å²) < 4.78 is 0. The first kappa shape index (κ1) is 13.3. The summed E-state index contributed by atoms with van der Waals surface area (Å²) in [4.78, 5) is 0. The normalized spacial score (nSPS) is 11.3. The van der Waals surface area contributed by atoms with Crippen molar-refractivity contribution in [1.29, 1.82) is 0 Å². The van der Waals surface area contributed by atoms with Crippen LogP contribution in [0.4, 0.5) is 0 Å². The highest BCUT2D eigenvalue weighted by Gasteiger charge is 2.04. The third-order valence-electron chi connectivity index (χ3n) is 4.81. The minimum Gasteiger partial charge on any atom is -0.0622 e.